The van der Waals surface area contributed by atoms with Gasteiger partial charge >= 0.3 is 0 Å². The van der Waals surface area contributed by atoms with Gasteiger partial charge in [0.25, 0.3) is 5.91 Å². The van der Waals surface area contributed by atoms with Crippen LogP contribution in [-0.2, 0) is 21.0 Å². The van der Waals surface area contributed by atoms with E-state index in [2.05, 4.69) is 0 Å². The third-order valence-corrected chi connectivity index (χ3v) is 7.38. The van der Waals surface area contributed by atoms with Crippen LogP contribution in [0.1, 0.15) is 35.3 Å². The maximum atomic E-state index is 12.7. The summed E-state index contributed by atoms with van der Waals surface area (Å²) in [6.45, 7) is 6.77. The number of rotatable bonds is 5. The van der Waals surface area contributed by atoms with E-state index in [9.17, 15) is 13.2 Å². The molecule has 1 aliphatic heterocycles. The lowest BCUT2D eigenvalue weighted by atomic mass is 10.1. The zero-order valence-corrected chi connectivity index (χ0v) is 18.5. The van der Waals surface area contributed by atoms with Crippen LogP contribution in [0.25, 0.3) is 0 Å². The molecule has 1 fully saturated rings. The molecule has 5 nitrogen and oxygen atoms in total. The van der Waals surface area contributed by atoms with Crippen molar-refractivity contribution in [2.45, 2.75) is 44.3 Å². The number of morpholine rings is 1. The van der Waals surface area contributed by atoms with Gasteiger partial charge in [-0.3, -0.25) is 4.79 Å². The quantitative estimate of drug-likeness (QED) is 0.714. The third-order valence-electron chi connectivity index (χ3n) is 5.12. The van der Waals surface area contributed by atoms with Crippen molar-refractivity contribution in [1.29, 1.82) is 0 Å². The van der Waals surface area contributed by atoms with Gasteiger partial charge < -0.3 is 9.64 Å². The number of hydrogen-bond acceptors (Lipinski definition) is 4. The van der Waals surface area contributed by atoms with Gasteiger partial charge in [0, 0.05) is 23.7 Å². The largest absolute Gasteiger partial charge is 0.372 e. The van der Waals surface area contributed by atoms with E-state index in [1.165, 1.54) is 0 Å². The minimum absolute atomic E-state index is 0.0139. The van der Waals surface area contributed by atoms with Gasteiger partial charge in [-0.05, 0) is 62.6 Å². The van der Waals surface area contributed by atoms with Crippen LogP contribution < -0.4 is 0 Å². The lowest BCUT2D eigenvalue weighted by Gasteiger charge is -2.35. The SMILES string of the molecule is Cc1c(Cl)cccc1S(=O)(=O)CCc1ccc(C(=O)N2C[C@@H](C)O[C@@H](C)C2)cc1. The van der Waals surface area contributed by atoms with Gasteiger partial charge in [0.05, 0.1) is 22.9 Å². The molecule has 0 aromatic heterocycles. The van der Waals surface area contributed by atoms with Crippen LogP contribution in [0.2, 0.25) is 5.02 Å². The van der Waals surface area contributed by atoms with Gasteiger partial charge in [-0.15, -0.1) is 0 Å². The first-order valence-electron chi connectivity index (χ1n) is 9.69. The molecule has 1 saturated heterocycles. The molecule has 0 saturated carbocycles. The molecule has 0 bridgehead atoms. The van der Waals surface area contributed by atoms with E-state index in [4.69, 9.17) is 16.3 Å². The molecule has 1 aliphatic rings. The second-order valence-electron chi connectivity index (χ2n) is 7.60. The fraction of sp³-hybridized carbons (Fsp3) is 0.409. The summed E-state index contributed by atoms with van der Waals surface area (Å²) >= 11 is 6.06. The molecule has 2 aromatic carbocycles. The maximum absolute atomic E-state index is 12.7. The van der Waals surface area contributed by atoms with Crippen LogP contribution in [0.15, 0.2) is 47.4 Å². The molecule has 3 rings (SSSR count). The van der Waals surface area contributed by atoms with Crippen molar-refractivity contribution in [1.82, 2.24) is 4.90 Å². The fourth-order valence-corrected chi connectivity index (χ4v) is 5.44. The van der Waals surface area contributed by atoms with E-state index in [-0.39, 0.29) is 28.8 Å². The van der Waals surface area contributed by atoms with E-state index in [1.807, 2.05) is 26.0 Å². The van der Waals surface area contributed by atoms with E-state index < -0.39 is 9.84 Å². The Kier molecular flexibility index (Phi) is 6.66. The maximum Gasteiger partial charge on any atom is 0.254 e. The average molecular weight is 436 g/mol. The number of halogens is 1. The Balaban J connectivity index is 1.66. The monoisotopic (exact) mass is 435 g/mol. The van der Waals surface area contributed by atoms with Crippen LogP contribution in [0.3, 0.4) is 0 Å². The van der Waals surface area contributed by atoms with Crippen molar-refractivity contribution >= 4 is 27.3 Å². The highest BCUT2D eigenvalue weighted by Gasteiger charge is 2.26. The number of ether oxygens (including phenoxy) is 1. The molecule has 0 N–H and O–H groups in total. The smallest absolute Gasteiger partial charge is 0.254 e. The summed E-state index contributed by atoms with van der Waals surface area (Å²) in [6.07, 6.45) is 0.401. The molecule has 0 radical (unpaired) electrons. The third kappa shape index (κ3) is 5.18. The van der Waals surface area contributed by atoms with E-state index in [0.29, 0.717) is 35.7 Å². The Morgan fingerprint density at radius 2 is 1.72 bits per heavy atom. The van der Waals surface area contributed by atoms with Crippen molar-refractivity contribution in [2.75, 3.05) is 18.8 Å². The Morgan fingerprint density at radius 3 is 2.34 bits per heavy atom. The van der Waals surface area contributed by atoms with Gasteiger partial charge in [-0.1, -0.05) is 29.8 Å². The zero-order valence-electron chi connectivity index (χ0n) is 16.9. The Hall–Kier alpha value is -1.89. The molecule has 0 unspecified atom stereocenters. The number of aryl methyl sites for hydroxylation is 1. The number of sulfone groups is 1. The molecule has 156 valence electrons. The summed E-state index contributed by atoms with van der Waals surface area (Å²) in [5, 5.41) is 0.445. The van der Waals surface area contributed by atoms with Crippen LogP contribution >= 0.6 is 11.6 Å². The van der Waals surface area contributed by atoms with Gasteiger partial charge in [-0.2, -0.15) is 0 Å². The van der Waals surface area contributed by atoms with E-state index >= 15 is 0 Å². The fourth-order valence-electron chi connectivity index (χ4n) is 3.63. The molecule has 2 aromatic rings. The summed E-state index contributed by atoms with van der Waals surface area (Å²) in [4.78, 5) is 14.8. The highest BCUT2D eigenvalue weighted by Crippen LogP contribution is 2.24. The van der Waals surface area contributed by atoms with Crippen LogP contribution in [0, 0.1) is 6.92 Å². The highest BCUT2D eigenvalue weighted by molar-refractivity contribution is 7.91. The lowest BCUT2D eigenvalue weighted by molar-refractivity contribution is -0.0586. The summed E-state index contributed by atoms with van der Waals surface area (Å²) in [5.41, 5.74) is 2.04. The van der Waals surface area contributed by atoms with E-state index in [1.54, 1.807) is 42.2 Å². The number of carbonyl (C=O) groups excluding carboxylic acids is 1. The summed E-state index contributed by atoms with van der Waals surface area (Å²) < 4.78 is 31.1. The van der Waals surface area contributed by atoms with Crippen molar-refractivity contribution in [3.63, 3.8) is 0 Å². The Labute approximate surface area is 177 Å². The molecule has 2 atom stereocenters. The molecular formula is C22H26ClNO4S. The Morgan fingerprint density at radius 1 is 1.10 bits per heavy atom. The minimum atomic E-state index is -3.44. The number of carbonyl (C=O) groups is 1. The van der Waals surface area contributed by atoms with Crippen LogP contribution in [0.5, 0.6) is 0 Å². The number of hydrogen-bond donors (Lipinski definition) is 0. The molecule has 0 spiro atoms. The molecule has 0 aliphatic carbocycles. The lowest BCUT2D eigenvalue weighted by Crippen LogP contribution is -2.48. The second kappa shape index (κ2) is 8.86. The Bertz CT molecular complexity index is 978. The highest BCUT2D eigenvalue weighted by atomic mass is 35.5. The zero-order chi connectivity index (χ0) is 21.2. The van der Waals surface area contributed by atoms with Crippen molar-refractivity contribution in [2.24, 2.45) is 0 Å². The van der Waals surface area contributed by atoms with Crippen molar-refractivity contribution in [3.8, 4) is 0 Å². The average Bonchev–Trinajstić information content (AvgIpc) is 2.67. The number of benzene rings is 2. The first kappa shape index (κ1) is 21.8. The van der Waals surface area contributed by atoms with Crippen LogP contribution in [-0.4, -0.2) is 50.3 Å². The van der Waals surface area contributed by atoms with Gasteiger partial charge in [-0.25, -0.2) is 8.42 Å². The van der Waals surface area contributed by atoms with Gasteiger partial charge in [0.2, 0.25) is 0 Å². The predicted octanol–water partition coefficient (Wildman–Crippen LogP) is 3.91. The summed E-state index contributed by atoms with van der Waals surface area (Å²) in [6, 6.07) is 12.1. The topological polar surface area (TPSA) is 63.7 Å². The normalized spacial score (nSPS) is 19.9. The van der Waals surface area contributed by atoms with Gasteiger partial charge in [0.1, 0.15) is 0 Å². The predicted molar refractivity (Wildman–Crippen MR) is 114 cm³/mol. The molecule has 7 heteroatoms. The van der Waals surface area contributed by atoms with E-state index in [0.717, 1.165) is 5.56 Å². The second-order valence-corrected chi connectivity index (χ2v) is 10.1. The van der Waals surface area contributed by atoms with Crippen molar-refractivity contribution in [3.05, 3.63) is 64.2 Å². The van der Waals surface area contributed by atoms with Crippen molar-refractivity contribution < 1.29 is 17.9 Å². The molecule has 29 heavy (non-hydrogen) atoms. The molecule has 1 heterocycles. The summed E-state index contributed by atoms with van der Waals surface area (Å²) in [7, 11) is -3.44. The summed E-state index contributed by atoms with van der Waals surface area (Å²) in [5.74, 6) is -0.0410. The number of nitrogens with zero attached hydrogens (tertiary/aromatic N) is 1. The first-order valence-corrected chi connectivity index (χ1v) is 11.7. The van der Waals surface area contributed by atoms with Gasteiger partial charge in [0.15, 0.2) is 9.84 Å². The molecular weight excluding hydrogens is 410 g/mol. The molecule has 1 amide bonds. The standard InChI is InChI=1S/C22H26ClNO4S/c1-15-13-24(14-16(2)28-15)22(25)19-9-7-18(8-10-19)11-12-29(26,27)21-6-4-5-20(23)17(21)3/h4-10,15-16H,11-14H2,1-3H3/t15-,16+. The first-order chi connectivity index (χ1) is 13.7. The number of amides is 1. The minimum Gasteiger partial charge on any atom is -0.372 e. The van der Waals surface area contributed by atoms with Crippen LogP contribution in [0.4, 0.5) is 0 Å².